The fourth-order valence-electron chi connectivity index (χ4n) is 0.821. The van der Waals surface area contributed by atoms with Crippen LogP contribution in [-0.2, 0) is 6.54 Å². The van der Waals surface area contributed by atoms with Crippen molar-refractivity contribution in [1.82, 2.24) is 5.32 Å². The summed E-state index contributed by atoms with van der Waals surface area (Å²) < 4.78 is 0. The van der Waals surface area contributed by atoms with Gasteiger partial charge in [-0.1, -0.05) is 29.3 Å². The van der Waals surface area contributed by atoms with Crippen molar-refractivity contribution in [2.24, 2.45) is 0 Å². The van der Waals surface area contributed by atoms with E-state index in [1.54, 1.807) is 13.1 Å². The molecule has 0 aliphatic rings. The van der Waals surface area contributed by atoms with E-state index < -0.39 is 0 Å². The lowest BCUT2D eigenvalue weighted by Gasteiger charge is -1.99. The Morgan fingerprint density at radius 3 is 2.55 bits per heavy atom. The smallest absolute Gasteiger partial charge is 0.0595 e. The van der Waals surface area contributed by atoms with E-state index in [0.29, 0.717) is 16.6 Å². The maximum Gasteiger partial charge on any atom is 0.0595 e. The van der Waals surface area contributed by atoms with Crippen molar-refractivity contribution >= 4 is 23.2 Å². The third-order valence-corrected chi connectivity index (χ3v) is 2.06. The van der Waals surface area contributed by atoms with Gasteiger partial charge in [-0.3, -0.25) is 0 Å². The highest BCUT2D eigenvalue weighted by atomic mass is 35.5. The topological polar surface area (TPSA) is 14.1 Å². The van der Waals surface area contributed by atoms with Crippen LogP contribution >= 0.6 is 23.2 Å². The van der Waals surface area contributed by atoms with Gasteiger partial charge in [0, 0.05) is 13.6 Å². The molecule has 0 atom stereocenters. The maximum absolute atomic E-state index is 5.78. The van der Waals surface area contributed by atoms with E-state index in [0.717, 1.165) is 5.56 Å². The number of hydrogen-bond donors (Lipinski definition) is 0. The number of nitrogens with zero attached hydrogens (tertiary/aromatic N) is 1. The van der Waals surface area contributed by atoms with E-state index in [-0.39, 0.29) is 0 Å². The molecule has 0 saturated carbocycles. The molecule has 0 aliphatic carbocycles. The van der Waals surface area contributed by atoms with E-state index >= 15 is 0 Å². The minimum atomic E-state index is 0.589. The monoisotopic (exact) mass is 188 g/mol. The van der Waals surface area contributed by atoms with Crippen LogP contribution in [0.5, 0.6) is 0 Å². The zero-order valence-electron chi connectivity index (χ0n) is 6.14. The molecule has 1 nitrogen and oxygen atoms in total. The molecule has 1 rings (SSSR count). The SMILES string of the molecule is C[N]Cc1ccc(Cl)c(Cl)c1. The van der Waals surface area contributed by atoms with Gasteiger partial charge in [-0.25, -0.2) is 5.32 Å². The van der Waals surface area contributed by atoms with Gasteiger partial charge in [0.05, 0.1) is 10.0 Å². The second-order valence-corrected chi connectivity index (χ2v) is 3.04. The van der Waals surface area contributed by atoms with Crippen LogP contribution in [0.15, 0.2) is 18.2 Å². The molecule has 0 fully saturated rings. The van der Waals surface area contributed by atoms with Crippen molar-refractivity contribution in [3.63, 3.8) is 0 Å². The van der Waals surface area contributed by atoms with Crippen molar-refractivity contribution in [3.05, 3.63) is 33.8 Å². The van der Waals surface area contributed by atoms with E-state index in [1.165, 1.54) is 0 Å². The highest BCUT2D eigenvalue weighted by Gasteiger charge is 1.97. The molecule has 0 bridgehead atoms. The molecule has 0 aliphatic heterocycles. The second-order valence-electron chi connectivity index (χ2n) is 2.22. The summed E-state index contributed by atoms with van der Waals surface area (Å²) in [7, 11) is 1.77. The predicted octanol–water partition coefficient (Wildman–Crippen LogP) is 2.73. The minimum Gasteiger partial charge on any atom is -0.240 e. The van der Waals surface area contributed by atoms with Gasteiger partial charge < -0.3 is 0 Å². The summed E-state index contributed by atoms with van der Waals surface area (Å²) in [5.74, 6) is 0. The van der Waals surface area contributed by atoms with Gasteiger partial charge in [-0.15, -0.1) is 0 Å². The molecule has 1 radical (unpaired) electrons. The molecular weight excluding hydrogens is 181 g/mol. The Labute approximate surface area is 76.3 Å². The molecule has 0 heterocycles. The fraction of sp³-hybridized carbons (Fsp3) is 0.250. The van der Waals surface area contributed by atoms with E-state index in [4.69, 9.17) is 23.2 Å². The van der Waals surface area contributed by atoms with Crippen LogP contribution in [0.1, 0.15) is 5.56 Å². The molecule has 11 heavy (non-hydrogen) atoms. The van der Waals surface area contributed by atoms with Crippen LogP contribution in [0.4, 0.5) is 0 Å². The lowest BCUT2D eigenvalue weighted by Crippen LogP contribution is -1.96. The van der Waals surface area contributed by atoms with Crippen molar-refractivity contribution in [2.45, 2.75) is 6.54 Å². The second kappa shape index (κ2) is 3.96. The molecule has 0 aromatic heterocycles. The van der Waals surface area contributed by atoms with Gasteiger partial charge >= 0.3 is 0 Å². The Balaban J connectivity index is 2.86. The normalized spacial score (nSPS) is 10.1. The minimum absolute atomic E-state index is 0.589. The number of rotatable bonds is 2. The molecular formula is C8H8Cl2N. The largest absolute Gasteiger partial charge is 0.240 e. The van der Waals surface area contributed by atoms with Crippen molar-refractivity contribution in [3.8, 4) is 0 Å². The first-order valence-electron chi connectivity index (χ1n) is 3.23. The summed E-state index contributed by atoms with van der Waals surface area (Å²) in [5, 5.41) is 5.15. The molecule has 0 N–H and O–H groups in total. The van der Waals surface area contributed by atoms with E-state index in [9.17, 15) is 0 Å². The van der Waals surface area contributed by atoms with Crippen molar-refractivity contribution in [1.29, 1.82) is 0 Å². The maximum atomic E-state index is 5.78. The average Bonchev–Trinajstić information content (AvgIpc) is 1.98. The summed E-state index contributed by atoms with van der Waals surface area (Å²) in [5.41, 5.74) is 1.09. The van der Waals surface area contributed by atoms with Crippen molar-refractivity contribution in [2.75, 3.05) is 7.05 Å². The quantitative estimate of drug-likeness (QED) is 0.679. The predicted molar refractivity (Wildman–Crippen MR) is 48.2 cm³/mol. The van der Waals surface area contributed by atoms with Crippen LogP contribution in [-0.4, -0.2) is 7.05 Å². The van der Waals surface area contributed by atoms with Gasteiger partial charge in [0.1, 0.15) is 0 Å². The first kappa shape index (κ1) is 8.85. The Morgan fingerprint density at radius 1 is 1.27 bits per heavy atom. The van der Waals surface area contributed by atoms with Crippen LogP contribution in [0.2, 0.25) is 10.0 Å². The summed E-state index contributed by atoms with van der Waals surface area (Å²) in [6, 6.07) is 5.53. The Morgan fingerprint density at radius 2 is 2.00 bits per heavy atom. The molecule has 0 amide bonds. The van der Waals surface area contributed by atoms with E-state index in [2.05, 4.69) is 5.32 Å². The highest BCUT2D eigenvalue weighted by molar-refractivity contribution is 6.41. The molecule has 1 aromatic rings. The number of benzene rings is 1. The Hall–Kier alpha value is -0.240. The molecule has 59 valence electrons. The molecule has 0 saturated heterocycles. The number of hydrogen-bond acceptors (Lipinski definition) is 0. The van der Waals surface area contributed by atoms with Gasteiger partial charge in [-0.05, 0) is 17.7 Å². The van der Waals surface area contributed by atoms with Crippen LogP contribution in [0.3, 0.4) is 0 Å². The average molecular weight is 189 g/mol. The van der Waals surface area contributed by atoms with Crippen LogP contribution in [0, 0.1) is 0 Å². The van der Waals surface area contributed by atoms with Crippen LogP contribution < -0.4 is 5.32 Å². The summed E-state index contributed by atoms with van der Waals surface area (Å²) in [6.45, 7) is 0.691. The van der Waals surface area contributed by atoms with Gasteiger partial charge in [-0.2, -0.15) is 0 Å². The fourth-order valence-corrected chi connectivity index (χ4v) is 1.14. The lowest BCUT2D eigenvalue weighted by atomic mass is 10.2. The molecule has 0 unspecified atom stereocenters. The Kier molecular flexibility index (Phi) is 3.18. The zero-order chi connectivity index (χ0) is 8.27. The molecule has 0 spiro atoms. The third kappa shape index (κ3) is 2.37. The third-order valence-electron chi connectivity index (χ3n) is 1.32. The van der Waals surface area contributed by atoms with E-state index in [1.807, 2.05) is 12.1 Å². The number of halogens is 2. The zero-order valence-corrected chi connectivity index (χ0v) is 7.65. The highest BCUT2D eigenvalue weighted by Crippen LogP contribution is 2.22. The summed E-state index contributed by atoms with van der Waals surface area (Å²) in [6.07, 6.45) is 0. The first-order chi connectivity index (χ1) is 5.24. The van der Waals surface area contributed by atoms with Crippen LogP contribution in [0.25, 0.3) is 0 Å². The Bertz CT molecular complexity index is 248. The lowest BCUT2D eigenvalue weighted by molar-refractivity contribution is 0.800. The van der Waals surface area contributed by atoms with Gasteiger partial charge in [0.15, 0.2) is 0 Å². The van der Waals surface area contributed by atoms with Gasteiger partial charge in [0.2, 0.25) is 0 Å². The summed E-state index contributed by atoms with van der Waals surface area (Å²) in [4.78, 5) is 0. The van der Waals surface area contributed by atoms with Gasteiger partial charge in [0.25, 0.3) is 0 Å². The van der Waals surface area contributed by atoms with Crippen molar-refractivity contribution < 1.29 is 0 Å². The first-order valence-corrected chi connectivity index (χ1v) is 3.99. The summed E-state index contributed by atoms with van der Waals surface area (Å²) >= 11 is 11.5. The molecule has 1 aromatic carbocycles. The molecule has 3 heteroatoms. The standard InChI is InChI=1S/C8H8Cl2N/c1-11-5-6-2-3-7(9)8(10)4-6/h2-4H,5H2,1H3.